The number of hydrogen-bond acceptors (Lipinski definition) is 7. The summed E-state index contributed by atoms with van der Waals surface area (Å²) in [5.41, 5.74) is 9.11. The minimum Gasteiger partial charge on any atom is -0.378 e. The van der Waals surface area contributed by atoms with Crippen LogP contribution in [0.15, 0.2) is 66.2 Å². The Morgan fingerprint density at radius 3 is 2.70 bits per heavy atom. The lowest BCUT2D eigenvalue weighted by molar-refractivity contribution is 0.123. The number of anilines is 2. The highest BCUT2D eigenvalue weighted by molar-refractivity contribution is 5.81. The molecule has 0 saturated carbocycles. The summed E-state index contributed by atoms with van der Waals surface area (Å²) in [5.74, 6) is 1.13. The van der Waals surface area contributed by atoms with E-state index in [1.807, 2.05) is 41.2 Å². The largest absolute Gasteiger partial charge is 0.378 e. The van der Waals surface area contributed by atoms with Crippen LogP contribution in [-0.2, 0) is 4.74 Å². The highest BCUT2D eigenvalue weighted by atomic mass is 16.5. The number of rotatable bonds is 6. The summed E-state index contributed by atoms with van der Waals surface area (Å²) in [6, 6.07) is 14.3. The molecule has 8 nitrogen and oxygen atoms in total. The molecule has 0 spiro atoms. The fourth-order valence-electron chi connectivity index (χ4n) is 3.89. The molecule has 1 fully saturated rings. The number of pyridine rings is 1. The molecule has 1 N–H and O–H groups in total. The van der Waals surface area contributed by atoms with E-state index in [-0.39, 0.29) is 0 Å². The third-order valence-corrected chi connectivity index (χ3v) is 5.70. The average Bonchev–Trinajstić information content (AvgIpc) is 3.29. The van der Waals surface area contributed by atoms with Crippen molar-refractivity contribution < 1.29 is 4.74 Å². The van der Waals surface area contributed by atoms with E-state index in [0.717, 1.165) is 41.2 Å². The molecule has 0 unspecified atom stereocenters. The Kier molecular flexibility index (Phi) is 5.99. The molecule has 0 bridgehead atoms. The molecule has 3 aromatic heterocycles. The van der Waals surface area contributed by atoms with Crippen molar-refractivity contribution in [2.45, 2.75) is 19.8 Å². The molecular weight excluding hydrogens is 414 g/mol. The summed E-state index contributed by atoms with van der Waals surface area (Å²) >= 11 is 0. The van der Waals surface area contributed by atoms with Gasteiger partial charge in [0.05, 0.1) is 37.0 Å². The molecule has 8 heteroatoms. The second-order valence-electron chi connectivity index (χ2n) is 8.34. The molecule has 4 aromatic rings. The van der Waals surface area contributed by atoms with E-state index in [1.54, 1.807) is 12.4 Å². The fraction of sp³-hybridized carbons (Fsp3) is 0.280. The normalized spacial score (nSPS) is 14.5. The maximum Gasteiger partial charge on any atom is 0.177 e. The van der Waals surface area contributed by atoms with Crippen LogP contribution in [0.5, 0.6) is 0 Å². The number of hydrogen-bond donors (Lipinski definition) is 1. The first-order valence-electron chi connectivity index (χ1n) is 11.2. The first-order valence-corrected chi connectivity index (χ1v) is 11.2. The van der Waals surface area contributed by atoms with Gasteiger partial charge < -0.3 is 9.64 Å². The van der Waals surface area contributed by atoms with Gasteiger partial charge in [-0.3, -0.25) is 10.4 Å². The third-order valence-electron chi connectivity index (χ3n) is 5.70. The smallest absolute Gasteiger partial charge is 0.177 e. The van der Waals surface area contributed by atoms with E-state index in [0.29, 0.717) is 24.9 Å². The highest BCUT2D eigenvalue weighted by Gasteiger charge is 2.18. The van der Waals surface area contributed by atoms with Gasteiger partial charge in [0, 0.05) is 37.1 Å². The maximum atomic E-state index is 5.55. The van der Waals surface area contributed by atoms with Crippen LogP contribution in [0, 0.1) is 0 Å². The molecule has 0 radical (unpaired) electrons. The summed E-state index contributed by atoms with van der Waals surface area (Å²) in [4.78, 5) is 11.3. The summed E-state index contributed by atoms with van der Waals surface area (Å²) < 4.78 is 7.36. The van der Waals surface area contributed by atoms with Gasteiger partial charge in [0.1, 0.15) is 0 Å². The SMILES string of the molecule is CC(C)c1cccc(/C=N/Nc2cc(N3CCOCC3)c3nc(-c4ccncc4)cn3n2)c1. The van der Waals surface area contributed by atoms with Crippen molar-refractivity contribution in [1.29, 1.82) is 0 Å². The Morgan fingerprint density at radius 2 is 1.91 bits per heavy atom. The number of fused-ring (bicyclic) bond motifs is 1. The number of aromatic nitrogens is 4. The van der Waals surface area contributed by atoms with Crippen molar-refractivity contribution in [3.63, 3.8) is 0 Å². The number of hydrazone groups is 1. The van der Waals surface area contributed by atoms with Crippen LogP contribution in [0.1, 0.15) is 30.9 Å². The molecule has 0 atom stereocenters. The van der Waals surface area contributed by atoms with E-state index in [1.165, 1.54) is 5.56 Å². The topological polar surface area (TPSA) is 79.9 Å². The van der Waals surface area contributed by atoms with E-state index in [2.05, 4.69) is 52.5 Å². The van der Waals surface area contributed by atoms with Gasteiger partial charge in [-0.05, 0) is 35.2 Å². The summed E-state index contributed by atoms with van der Waals surface area (Å²) in [5, 5.41) is 9.16. The van der Waals surface area contributed by atoms with Crippen LogP contribution < -0.4 is 10.3 Å². The van der Waals surface area contributed by atoms with E-state index in [4.69, 9.17) is 14.8 Å². The maximum absolute atomic E-state index is 5.55. The van der Waals surface area contributed by atoms with Gasteiger partial charge in [0.2, 0.25) is 0 Å². The predicted octanol–water partition coefficient (Wildman–Crippen LogP) is 4.20. The van der Waals surface area contributed by atoms with Crippen LogP contribution in [0.25, 0.3) is 16.9 Å². The zero-order valence-corrected chi connectivity index (χ0v) is 18.8. The first-order chi connectivity index (χ1) is 16.2. The second-order valence-corrected chi connectivity index (χ2v) is 8.34. The van der Waals surface area contributed by atoms with Crippen molar-refractivity contribution in [2.24, 2.45) is 5.10 Å². The number of imidazole rings is 1. The number of nitrogens with zero attached hydrogens (tertiary/aromatic N) is 6. The minimum atomic E-state index is 0.474. The Morgan fingerprint density at radius 1 is 1.09 bits per heavy atom. The Labute approximate surface area is 192 Å². The van der Waals surface area contributed by atoms with Gasteiger partial charge in [-0.2, -0.15) is 5.10 Å². The van der Waals surface area contributed by atoms with E-state index in [9.17, 15) is 0 Å². The zero-order chi connectivity index (χ0) is 22.6. The quantitative estimate of drug-likeness (QED) is 0.357. The Hall–Kier alpha value is -3.78. The van der Waals surface area contributed by atoms with Crippen LogP contribution in [-0.4, -0.2) is 52.1 Å². The number of nitrogens with one attached hydrogen (secondary N) is 1. The molecule has 168 valence electrons. The van der Waals surface area contributed by atoms with Crippen molar-refractivity contribution in [1.82, 2.24) is 19.6 Å². The average molecular weight is 442 g/mol. The van der Waals surface area contributed by atoms with Crippen LogP contribution in [0.4, 0.5) is 11.5 Å². The zero-order valence-electron chi connectivity index (χ0n) is 18.8. The third kappa shape index (κ3) is 4.70. The minimum absolute atomic E-state index is 0.474. The standard InChI is InChI=1S/C25H27N7O/c1-18(2)21-5-3-4-19(14-21)16-27-29-24-15-23(31-10-12-33-13-11-31)25-28-22(17-32(25)30-24)20-6-8-26-9-7-20/h3-9,14-18H,10-13H2,1-2H3,(H,29,30)/b27-16+. The molecule has 0 aliphatic carbocycles. The Bertz CT molecular complexity index is 1260. The number of morpholine rings is 1. The molecule has 1 saturated heterocycles. The van der Waals surface area contributed by atoms with Crippen molar-refractivity contribution >= 4 is 23.4 Å². The first kappa shape index (κ1) is 21.1. The van der Waals surface area contributed by atoms with Gasteiger partial charge in [-0.15, -0.1) is 5.10 Å². The van der Waals surface area contributed by atoms with E-state index < -0.39 is 0 Å². The van der Waals surface area contributed by atoms with Crippen molar-refractivity contribution in [3.05, 3.63) is 72.2 Å². The lowest BCUT2D eigenvalue weighted by Crippen LogP contribution is -2.36. The molecule has 0 amide bonds. The molecule has 1 aliphatic heterocycles. The van der Waals surface area contributed by atoms with Crippen LogP contribution in [0.2, 0.25) is 0 Å². The van der Waals surface area contributed by atoms with Gasteiger partial charge in [0.15, 0.2) is 11.5 Å². The molecule has 4 heterocycles. The van der Waals surface area contributed by atoms with Gasteiger partial charge in [-0.25, -0.2) is 9.50 Å². The van der Waals surface area contributed by atoms with Crippen LogP contribution in [0.3, 0.4) is 0 Å². The summed E-state index contributed by atoms with van der Waals surface area (Å²) in [7, 11) is 0. The van der Waals surface area contributed by atoms with Crippen molar-refractivity contribution in [3.8, 4) is 11.3 Å². The Balaban J connectivity index is 1.47. The monoisotopic (exact) mass is 441 g/mol. The van der Waals surface area contributed by atoms with E-state index >= 15 is 0 Å². The lowest BCUT2D eigenvalue weighted by Gasteiger charge is -2.29. The predicted molar refractivity (Wildman–Crippen MR) is 131 cm³/mol. The number of benzene rings is 1. The lowest BCUT2D eigenvalue weighted by atomic mass is 10.0. The fourth-order valence-corrected chi connectivity index (χ4v) is 3.89. The van der Waals surface area contributed by atoms with Gasteiger partial charge in [-0.1, -0.05) is 32.0 Å². The highest BCUT2D eigenvalue weighted by Crippen LogP contribution is 2.27. The number of ether oxygens (including phenoxy) is 1. The van der Waals surface area contributed by atoms with Crippen LogP contribution >= 0.6 is 0 Å². The molecule has 33 heavy (non-hydrogen) atoms. The summed E-state index contributed by atoms with van der Waals surface area (Å²) in [6.07, 6.45) is 7.30. The summed E-state index contributed by atoms with van der Waals surface area (Å²) in [6.45, 7) is 7.38. The molecule has 5 rings (SSSR count). The molecular formula is C25H27N7O. The molecule has 1 aromatic carbocycles. The van der Waals surface area contributed by atoms with Crippen molar-refractivity contribution in [2.75, 3.05) is 36.6 Å². The molecule has 1 aliphatic rings. The van der Waals surface area contributed by atoms with Gasteiger partial charge in [0.25, 0.3) is 0 Å². The second kappa shape index (κ2) is 9.38. The van der Waals surface area contributed by atoms with Gasteiger partial charge >= 0.3 is 0 Å².